The molecule has 1 fully saturated rings. The molecule has 6 nitrogen and oxygen atoms in total. The van der Waals surface area contributed by atoms with Gasteiger partial charge in [0.25, 0.3) is 0 Å². The van der Waals surface area contributed by atoms with Gasteiger partial charge in [0.2, 0.25) is 0 Å². The van der Waals surface area contributed by atoms with Gasteiger partial charge >= 0.3 is 0 Å². The minimum Gasteiger partial charge on any atom is -0.497 e. The monoisotopic (exact) mass is 384 g/mol. The van der Waals surface area contributed by atoms with Gasteiger partial charge in [-0.05, 0) is 61.1 Å². The summed E-state index contributed by atoms with van der Waals surface area (Å²) >= 11 is 5.29. The lowest BCUT2D eigenvalue weighted by atomic mass is 10.1. The number of rotatable bonds is 5. The van der Waals surface area contributed by atoms with E-state index in [0.717, 1.165) is 49.0 Å². The Morgan fingerprint density at radius 1 is 1.07 bits per heavy atom. The van der Waals surface area contributed by atoms with Gasteiger partial charge < -0.3 is 19.7 Å². The van der Waals surface area contributed by atoms with Crippen molar-refractivity contribution in [2.75, 3.05) is 43.6 Å². The lowest BCUT2D eigenvalue weighted by Gasteiger charge is -2.28. The van der Waals surface area contributed by atoms with Gasteiger partial charge in [-0.1, -0.05) is 12.1 Å². The van der Waals surface area contributed by atoms with Crippen LogP contribution in [0.3, 0.4) is 0 Å². The maximum Gasteiger partial charge on any atom is 0.191 e. The summed E-state index contributed by atoms with van der Waals surface area (Å²) in [7, 11) is 1.64. The highest BCUT2D eigenvalue weighted by molar-refractivity contribution is 7.80. The van der Waals surface area contributed by atoms with E-state index < -0.39 is 0 Å². The van der Waals surface area contributed by atoms with Crippen LogP contribution in [0, 0.1) is 0 Å². The number of hydrogen-bond donors (Lipinski definition) is 2. The third-order valence-electron chi connectivity index (χ3n) is 4.33. The highest BCUT2D eigenvalue weighted by Crippen LogP contribution is 2.17. The van der Waals surface area contributed by atoms with Crippen LogP contribution in [-0.4, -0.2) is 44.2 Å². The van der Waals surface area contributed by atoms with Crippen LogP contribution < -0.4 is 20.4 Å². The first-order valence-electron chi connectivity index (χ1n) is 8.84. The average Bonchev–Trinajstić information content (AvgIpc) is 2.73. The summed E-state index contributed by atoms with van der Waals surface area (Å²) in [5.74, 6) is 0.800. The van der Waals surface area contributed by atoms with Crippen molar-refractivity contribution in [3.8, 4) is 5.75 Å². The Morgan fingerprint density at radius 3 is 2.37 bits per heavy atom. The number of thiocarbonyl (C=S) groups is 1. The molecule has 0 radical (unpaired) electrons. The number of hydrogen-bond acceptors (Lipinski definition) is 5. The molecule has 1 aliphatic rings. The van der Waals surface area contributed by atoms with Gasteiger partial charge in [0.1, 0.15) is 5.75 Å². The molecule has 0 aliphatic carbocycles. The van der Waals surface area contributed by atoms with Crippen molar-refractivity contribution in [3.63, 3.8) is 0 Å². The molecule has 0 bridgehead atoms. The van der Waals surface area contributed by atoms with Gasteiger partial charge in [0.05, 0.1) is 26.0 Å². The minimum atomic E-state index is 0.435. The molecule has 0 aromatic heterocycles. The molecule has 7 heteroatoms. The molecule has 0 amide bonds. The zero-order valence-corrected chi connectivity index (χ0v) is 16.4. The Bertz CT molecular complexity index is 785. The van der Waals surface area contributed by atoms with Gasteiger partial charge in [0, 0.05) is 24.5 Å². The predicted octanol–water partition coefficient (Wildman–Crippen LogP) is 3.24. The summed E-state index contributed by atoms with van der Waals surface area (Å²) in [4.78, 5) is 2.33. The topological polar surface area (TPSA) is 58.1 Å². The van der Waals surface area contributed by atoms with Crippen molar-refractivity contribution in [1.29, 1.82) is 0 Å². The van der Waals surface area contributed by atoms with E-state index in [1.807, 2.05) is 31.2 Å². The first-order valence-corrected chi connectivity index (χ1v) is 9.25. The molecule has 27 heavy (non-hydrogen) atoms. The van der Waals surface area contributed by atoms with E-state index in [2.05, 4.69) is 45.0 Å². The van der Waals surface area contributed by atoms with Crippen LogP contribution in [0.5, 0.6) is 5.75 Å². The lowest BCUT2D eigenvalue weighted by molar-refractivity contribution is 0.122. The smallest absolute Gasteiger partial charge is 0.191 e. The zero-order valence-electron chi connectivity index (χ0n) is 15.6. The highest BCUT2D eigenvalue weighted by Gasteiger charge is 2.11. The first-order chi connectivity index (χ1) is 13.2. The fourth-order valence-corrected chi connectivity index (χ4v) is 2.93. The number of hydrazone groups is 1. The van der Waals surface area contributed by atoms with Crippen molar-refractivity contribution in [2.45, 2.75) is 6.92 Å². The van der Waals surface area contributed by atoms with Crippen molar-refractivity contribution in [1.82, 2.24) is 5.43 Å². The van der Waals surface area contributed by atoms with E-state index in [4.69, 9.17) is 21.7 Å². The molecular weight excluding hydrogens is 360 g/mol. The van der Waals surface area contributed by atoms with Gasteiger partial charge in [-0.2, -0.15) is 5.10 Å². The highest BCUT2D eigenvalue weighted by atomic mass is 32.1. The van der Waals surface area contributed by atoms with Crippen LogP contribution in [0.4, 0.5) is 11.4 Å². The molecule has 2 aromatic carbocycles. The number of ether oxygens (including phenoxy) is 2. The van der Waals surface area contributed by atoms with E-state index in [-0.39, 0.29) is 0 Å². The van der Waals surface area contributed by atoms with Crippen molar-refractivity contribution < 1.29 is 9.47 Å². The Hall–Kier alpha value is -2.64. The number of morpholine rings is 1. The molecule has 1 aliphatic heterocycles. The molecule has 2 aromatic rings. The maximum atomic E-state index is 5.40. The molecule has 0 spiro atoms. The molecule has 142 valence electrons. The number of nitrogens with one attached hydrogen (secondary N) is 2. The van der Waals surface area contributed by atoms with Crippen LogP contribution in [0.2, 0.25) is 0 Å². The van der Waals surface area contributed by atoms with E-state index in [0.29, 0.717) is 5.11 Å². The van der Waals surface area contributed by atoms with Crippen LogP contribution >= 0.6 is 12.2 Å². The van der Waals surface area contributed by atoms with Crippen molar-refractivity contribution in [3.05, 3.63) is 54.1 Å². The van der Waals surface area contributed by atoms with Crippen LogP contribution in [0.1, 0.15) is 12.5 Å². The van der Waals surface area contributed by atoms with E-state index in [9.17, 15) is 0 Å². The van der Waals surface area contributed by atoms with Crippen LogP contribution in [-0.2, 0) is 4.74 Å². The standard InChI is InChI=1S/C20H24N4O2S/c1-15(16-3-7-18(8-4-16)24-11-13-26-14-12-24)22-23-20(27)21-17-5-9-19(25-2)10-6-17/h3-10H,11-14H2,1-2H3,(H2,21,23,27)/b22-15-. The first kappa shape index (κ1) is 19.1. The minimum absolute atomic E-state index is 0.435. The average molecular weight is 385 g/mol. The molecule has 2 N–H and O–H groups in total. The van der Waals surface area contributed by atoms with Crippen LogP contribution in [0.15, 0.2) is 53.6 Å². The molecule has 0 unspecified atom stereocenters. The molecule has 0 saturated carbocycles. The molecule has 1 heterocycles. The van der Waals surface area contributed by atoms with E-state index in [1.165, 1.54) is 5.69 Å². The normalized spacial score (nSPS) is 14.6. The molecule has 0 atom stereocenters. The lowest BCUT2D eigenvalue weighted by Crippen LogP contribution is -2.36. The van der Waals surface area contributed by atoms with Gasteiger partial charge in [0.15, 0.2) is 5.11 Å². The van der Waals surface area contributed by atoms with Crippen LogP contribution in [0.25, 0.3) is 0 Å². The number of methoxy groups -OCH3 is 1. The largest absolute Gasteiger partial charge is 0.497 e. The Labute approximate surface area is 165 Å². The summed E-state index contributed by atoms with van der Waals surface area (Å²) in [5, 5.41) is 7.90. The quantitative estimate of drug-likeness (QED) is 0.469. The molecule has 1 saturated heterocycles. The second-order valence-electron chi connectivity index (χ2n) is 6.14. The second-order valence-corrected chi connectivity index (χ2v) is 6.55. The predicted molar refractivity (Wildman–Crippen MR) is 114 cm³/mol. The van der Waals surface area contributed by atoms with E-state index >= 15 is 0 Å². The summed E-state index contributed by atoms with van der Waals surface area (Å²) in [6.45, 7) is 5.38. The Kier molecular flexibility index (Phi) is 6.62. The fraction of sp³-hybridized carbons (Fsp3) is 0.300. The van der Waals surface area contributed by atoms with E-state index in [1.54, 1.807) is 7.11 Å². The maximum absolute atomic E-state index is 5.40. The number of anilines is 2. The van der Waals surface area contributed by atoms with Crippen molar-refractivity contribution in [2.24, 2.45) is 5.10 Å². The Balaban J connectivity index is 1.55. The fourth-order valence-electron chi connectivity index (χ4n) is 2.77. The third-order valence-corrected chi connectivity index (χ3v) is 4.53. The summed E-state index contributed by atoms with van der Waals surface area (Å²) in [6.07, 6.45) is 0. The van der Waals surface area contributed by atoms with Gasteiger partial charge in [-0.25, -0.2) is 0 Å². The Morgan fingerprint density at radius 2 is 1.74 bits per heavy atom. The second kappa shape index (κ2) is 9.34. The summed E-state index contributed by atoms with van der Waals surface area (Å²) < 4.78 is 10.5. The van der Waals surface area contributed by atoms with Gasteiger partial charge in [-0.3, -0.25) is 5.43 Å². The SMILES string of the molecule is COc1ccc(NC(=S)N/N=C(/C)c2ccc(N3CCOCC3)cc2)cc1. The van der Waals surface area contributed by atoms with Crippen molar-refractivity contribution >= 4 is 34.4 Å². The molecular formula is C20H24N4O2S. The summed E-state index contributed by atoms with van der Waals surface area (Å²) in [5.41, 5.74) is 6.88. The number of benzene rings is 2. The third kappa shape index (κ3) is 5.42. The van der Waals surface area contributed by atoms with Gasteiger partial charge in [-0.15, -0.1) is 0 Å². The number of nitrogens with zero attached hydrogens (tertiary/aromatic N) is 2. The zero-order chi connectivity index (χ0) is 19.1. The summed E-state index contributed by atoms with van der Waals surface area (Å²) in [6, 6.07) is 15.9. The molecule has 3 rings (SSSR count).